The van der Waals surface area contributed by atoms with Crippen molar-refractivity contribution in [3.63, 3.8) is 0 Å². The second-order valence-electron chi connectivity index (χ2n) is 5.15. The Morgan fingerprint density at radius 2 is 1.88 bits per heavy atom. The Labute approximate surface area is 110 Å². The summed E-state index contributed by atoms with van der Waals surface area (Å²) < 4.78 is 0. The van der Waals surface area contributed by atoms with Gasteiger partial charge in [0.15, 0.2) is 0 Å². The Hall–Kier alpha value is -0.690. The zero-order valence-electron chi connectivity index (χ0n) is 10.7. The first-order valence-electron chi connectivity index (χ1n) is 6.66. The minimum Gasteiger partial charge on any atom is -0.374 e. The number of para-hydroxylation sites is 1. The van der Waals surface area contributed by atoms with Crippen LogP contribution in [0.15, 0.2) is 24.3 Å². The van der Waals surface area contributed by atoms with Crippen LogP contribution in [-0.4, -0.2) is 13.6 Å². The molecule has 2 heteroatoms. The van der Waals surface area contributed by atoms with Gasteiger partial charge in [0.1, 0.15) is 0 Å². The fraction of sp³-hybridized carbons (Fsp3) is 0.600. The summed E-state index contributed by atoms with van der Waals surface area (Å²) in [5, 5.41) is 0. The van der Waals surface area contributed by atoms with E-state index in [4.69, 9.17) is 11.6 Å². The molecule has 1 saturated carbocycles. The lowest BCUT2D eigenvalue weighted by atomic mass is 9.89. The van der Waals surface area contributed by atoms with E-state index in [9.17, 15) is 0 Å². The highest BCUT2D eigenvalue weighted by molar-refractivity contribution is 6.17. The number of anilines is 1. The third-order valence-electron chi connectivity index (χ3n) is 3.80. The van der Waals surface area contributed by atoms with Crippen LogP contribution in [0.4, 0.5) is 5.69 Å². The first-order valence-corrected chi connectivity index (χ1v) is 7.19. The van der Waals surface area contributed by atoms with Crippen molar-refractivity contribution in [2.24, 2.45) is 5.92 Å². The maximum atomic E-state index is 5.99. The molecule has 1 aliphatic carbocycles. The van der Waals surface area contributed by atoms with Gasteiger partial charge in [0, 0.05) is 25.2 Å². The van der Waals surface area contributed by atoms with Gasteiger partial charge in [-0.25, -0.2) is 0 Å². The first-order chi connectivity index (χ1) is 8.31. The molecule has 1 aromatic rings. The third kappa shape index (κ3) is 3.38. The summed E-state index contributed by atoms with van der Waals surface area (Å²) in [5.41, 5.74) is 2.54. The van der Waals surface area contributed by atoms with Gasteiger partial charge in [0.05, 0.1) is 0 Å². The van der Waals surface area contributed by atoms with Crippen LogP contribution in [0.2, 0.25) is 0 Å². The summed E-state index contributed by atoms with van der Waals surface area (Å²) in [4.78, 5) is 2.38. The predicted molar refractivity (Wildman–Crippen MR) is 75.8 cm³/mol. The second kappa shape index (κ2) is 6.30. The van der Waals surface area contributed by atoms with E-state index in [1.807, 2.05) is 0 Å². The van der Waals surface area contributed by atoms with Gasteiger partial charge in [0.2, 0.25) is 0 Å². The van der Waals surface area contributed by atoms with Gasteiger partial charge in [-0.1, -0.05) is 37.5 Å². The molecule has 0 heterocycles. The highest BCUT2D eigenvalue weighted by Gasteiger charge is 2.16. The zero-order valence-corrected chi connectivity index (χ0v) is 11.4. The molecule has 0 unspecified atom stereocenters. The van der Waals surface area contributed by atoms with E-state index in [-0.39, 0.29) is 0 Å². The fourth-order valence-corrected chi connectivity index (χ4v) is 3.08. The van der Waals surface area contributed by atoms with E-state index in [0.717, 1.165) is 5.92 Å². The van der Waals surface area contributed by atoms with Gasteiger partial charge in [-0.15, -0.1) is 11.6 Å². The Kier molecular flexibility index (Phi) is 4.73. The lowest BCUT2D eigenvalue weighted by molar-refractivity contribution is 0.362. The largest absolute Gasteiger partial charge is 0.374 e. The summed E-state index contributed by atoms with van der Waals surface area (Å²) in [5.74, 6) is 1.47. The van der Waals surface area contributed by atoms with Crippen LogP contribution in [0.3, 0.4) is 0 Å². The molecule has 94 valence electrons. The average Bonchev–Trinajstić information content (AvgIpc) is 2.40. The van der Waals surface area contributed by atoms with Crippen LogP contribution in [0.1, 0.15) is 37.7 Å². The smallest absolute Gasteiger partial charge is 0.0494 e. The van der Waals surface area contributed by atoms with Crippen molar-refractivity contribution < 1.29 is 0 Å². The van der Waals surface area contributed by atoms with Gasteiger partial charge >= 0.3 is 0 Å². The second-order valence-corrected chi connectivity index (χ2v) is 5.41. The highest BCUT2D eigenvalue weighted by atomic mass is 35.5. The van der Waals surface area contributed by atoms with E-state index in [1.54, 1.807) is 0 Å². The predicted octanol–water partition coefficient (Wildman–Crippen LogP) is 4.44. The van der Waals surface area contributed by atoms with Crippen LogP contribution >= 0.6 is 11.6 Å². The van der Waals surface area contributed by atoms with Crippen molar-refractivity contribution in [3.05, 3.63) is 29.8 Å². The Balaban J connectivity index is 2.00. The van der Waals surface area contributed by atoms with E-state index >= 15 is 0 Å². The quantitative estimate of drug-likeness (QED) is 0.715. The van der Waals surface area contributed by atoms with Crippen LogP contribution in [0.5, 0.6) is 0 Å². The third-order valence-corrected chi connectivity index (χ3v) is 4.09. The molecule has 0 amide bonds. The van der Waals surface area contributed by atoms with Crippen LogP contribution in [0.25, 0.3) is 0 Å². The molecule has 0 spiro atoms. The Morgan fingerprint density at radius 1 is 1.18 bits per heavy atom. The summed E-state index contributed by atoms with van der Waals surface area (Å²) in [6.07, 6.45) is 7.05. The fourth-order valence-electron chi connectivity index (χ4n) is 2.85. The van der Waals surface area contributed by atoms with Gasteiger partial charge < -0.3 is 4.90 Å². The topological polar surface area (TPSA) is 3.24 Å². The van der Waals surface area contributed by atoms with E-state index in [1.165, 1.54) is 49.9 Å². The molecule has 2 rings (SSSR count). The molecule has 1 aliphatic rings. The van der Waals surface area contributed by atoms with Crippen molar-refractivity contribution in [2.75, 3.05) is 18.5 Å². The summed E-state index contributed by atoms with van der Waals surface area (Å²) in [7, 11) is 2.19. The molecule has 0 bridgehead atoms. The maximum Gasteiger partial charge on any atom is 0.0494 e. The number of nitrogens with zero attached hydrogens (tertiary/aromatic N) is 1. The minimum absolute atomic E-state index is 0.602. The number of rotatable bonds is 4. The van der Waals surface area contributed by atoms with Gasteiger partial charge in [0.25, 0.3) is 0 Å². The highest BCUT2D eigenvalue weighted by Crippen LogP contribution is 2.27. The average molecular weight is 252 g/mol. The molecule has 1 fully saturated rings. The molecule has 1 nitrogen and oxygen atoms in total. The van der Waals surface area contributed by atoms with Crippen molar-refractivity contribution >= 4 is 17.3 Å². The number of hydrogen-bond acceptors (Lipinski definition) is 1. The van der Waals surface area contributed by atoms with Crippen molar-refractivity contribution in [3.8, 4) is 0 Å². The number of halogens is 1. The van der Waals surface area contributed by atoms with E-state index < -0.39 is 0 Å². The molecule has 0 saturated heterocycles. The first kappa shape index (κ1) is 12.8. The van der Waals surface area contributed by atoms with Crippen LogP contribution in [0, 0.1) is 5.92 Å². The van der Waals surface area contributed by atoms with E-state index in [0.29, 0.717) is 5.88 Å². The van der Waals surface area contributed by atoms with Gasteiger partial charge in [-0.2, -0.15) is 0 Å². The molecule has 0 atom stereocenters. The molecule has 1 aromatic carbocycles. The van der Waals surface area contributed by atoms with Gasteiger partial charge in [-0.05, 0) is 30.4 Å². The van der Waals surface area contributed by atoms with Gasteiger partial charge in [-0.3, -0.25) is 0 Å². The SMILES string of the molecule is CN(CC1CCCCC1)c1ccccc1CCl. The molecule has 0 radical (unpaired) electrons. The normalized spacial score (nSPS) is 17.1. The zero-order chi connectivity index (χ0) is 12.1. The monoisotopic (exact) mass is 251 g/mol. The lowest BCUT2D eigenvalue weighted by Gasteiger charge is -2.29. The Morgan fingerprint density at radius 3 is 2.59 bits per heavy atom. The lowest BCUT2D eigenvalue weighted by Crippen LogP contribution is -2.27. The van der Waals surface area contributed by atoms with Crippen LogP contribution in [-0.2, 0) is 5.88 Å². The number of benzene rings is 1. The molecular weight excluding hydrogens is 230 g/mol. The number of alkyl halides is 1. The standard InChI is InChI=1S/C15H22ClN/c1-17(12-13-7-3-2-4-8-13)15-10-6-5-9-14(15)11-16/h5-6,9-10,13H,2-4,7-8,11-12H2,1H3. The van der Waals surface area contributed by atoms with Crippen molar-refractivity contribution in [2.45, 2.75) is 38.0 Å². The molecule has 0 aliphatic heterocycles. The minimum atomic E-state index is 0.602. The molecular formula is C15H22ClN. The van der Waals surface area contributed by atoms with Crippen LogP contribution < -0.4 is 4.90 Å². The maximum absolute atomic E-state index is 5.99. The summed E-state index contributed by atoms with van der Waals surface area (Å²) in [6.45, 7) is 1.17. The molecule has 0 N–H and O–H groups in total. The number of hydrogen-bond donors (Lipinski definition) is 0. The van der Waals surface area contributed by atoms with E-state index in [2.05, 4.69) is 36.2 Å². The van der Waals surface area contributed by atoms with Crippen molar-refractivity contribution in [1.82, 2.24) is 0 Å². The van der Waals surface area contributed by atoms with Crippen molar-refractivity contribution in [1.29, 1.82) is 0 Å². The molecule has 0 aromatic heterocycles. The summed E-state index contributed by atoms with van der Waals surface area (Å²) in [6, 6.07) is 8.47. The molecule has 17 heavy (non-hydrogen) atoms. The Bertz CT molecular complexity index is 345. The summed E-state index contributed by atoms with van der Waals surface area (Å²) >= 11 is 5.99.